The van der Waals surface area contributed by atoms with E-state index < -0.39 is 0 Å². The van der Waals surface area contributed by atoms with E-state index in [1.165, 1.54) is 11.5 Å². The van der Waals surface area contributed by atoms with E-state index in [4.69, 9.17) is 0 Å². The lowest BCUT2D eigenvalue weighted by molar-refractivity contribution is 0.710. The fourth-order valence-electron chi connectivity index (χ4n) is 1.25. The first kappa shape index (κ1) is 11.6. The summed E-state index contributed by atoms with van der Waals surface area (Å²) in [6.45, 7) is 5.98. The molecule has 0 unspecified atom stereocenters. The highest BCUT2D eigenvalue weighted by Gasteiger charge is 2.11. The number of hydrogen-bond donors (Lipinski definition) is 1. The third-order valence-electron chi connectivity index (χ3n) is 2.08. The molecule has 7 heteroatoms. The third-order valence-corrected chi connectivity index (χ3v) is 4.04. The van der Waals surface area contributed by atoms with Crippen LogP contribution in [0.15, 0.2) is 0 Å². The SMILES string of the molecule is CCNCCc1nnc(-c2snnc2C)s1. The maximum absolute atomic E-state index is 4.17. The van der Waals surface area contributed by atoms with E-state index in [0.29, 0.717) is 0 Å². The summed E-state index contributed by atoms with van der Waals surface area (Å²) in [6, 6.07) is 0. The number of nitrogens with zero attached hydrogens (tertiary/aromatic N) is 4. The van der Waals surface area contributed by atoms with E-state index in [-0.39, 0.29) is 0 Å². The van der Waals surface area contributed by atoms with Crippen molar-refractivity contribution in [3.8, 4) is 9.88 Å². The predicted octanol–water partition coefficient (Wildman–Crippen LogP) is 1.52. The van der Waals surface area contributed by atoms with Gasteiger partial charge in [-0.15, -0.1) is 15.3 Å². The van der Waals surface area contributed by atoms with Crippen molar-refractivity contribution in [2.24, 2.45) is 0 Å². The molecule has 2 aromatic heterocycles. The van der Waals surface area contributed by atoms with Crippen LogP contribution in [0.4, 0.5) is 0 Å². The van der Waals surface area contributed by atoms with Crippen molar-refractivity contribution in [2.75, 3.05) is 13.1 Å². The highest BCUT2D eigenvalue weighted by atomic mass is 32.1. The number of nitrogens with one attached hydrogen (secondary N) is 1. The fourth-order valence-corrected chi connectivity index (χ4v) is 2.85. The zero-order chi connectivity index (χ0) is 11.4. The van der Waals surface area contributed by atoms with Crippen LogP contribution >= 0.6 is 22.9 Å². The Morgan fingerprint density at radius 1 is 1.25 bits per heavy atom. The zero-order valence-corrected chi connectivity index (χ0v) is 10.9. The molecule has 0 aliphatic heterocycles. The third kappa shape index (κ3) is 2.60. The lowest BCUT2D eigenvalue weighted by Gasteiger charge is -1.95. The van der Waals surface area contributed by atoms with Gasteiger partial charge in [-0.3, -0.25) is 0 Å². The van der Waals surface area contributed by atoms with Crippen LogP contribution in [-0.4, -0.2) is 32.9 Å². The van der Waals surface area contributed by atoms with Crippen LogP contribution in [0.5, 0.6) is 0 Å². The molecular weight excluding hydrogens is 242 g/mol. The number of aromatic nitrogens is 4. The largest absolute Gasteiger partial charge is 0.317 e. The summed E-state index contributed by atoms with van der Waals surface area (Å²) in [5.41, 5.74) is 0.930. The molecule has 1 N–H and O–H groups in total. The minimum Gasteiger partial charge on any atom is -0.317 e. The Kier molecular flexibility index (Phi) is 3.92. The standard InChI is InChI=1S/C9H13N5S2/c1-3-10-5-4-7-12-13-9(15-7)8-6(2)11-14-16-8/h10H,3-5H2,1-2H3. The lowest BCUT2D eigenvalue weighted by Crippen LogP contribution is -2.15. The average molecular weight is 255 g/mol. The monoisotopic (exact) mass is 255 g/mol. The molecule has 16 heavy (non-hydrogen) atoms. The topological polar surface area (TPSA) is 63.6 Å². The van der Waals surface area contributed by atoms with Crippen LogP contribution in [0.2, 0.25) is 0 Å². The molecule has 0 saturated heterocycles. The van der Waals surface area contributed by atoms with Gasteiger partial charge in [0.1, 0.15) is 9.88 Å². The van der Waals surface area contributed by atoms with E-state index in [1.807, 2.05) is 6.92 Å². The maximum atomic E-state index is 4.17. The molecule has 5 nitrogen and oxygen atoms in total. The van der Waals surface area contributed by atoms with Crippen molar-refractivity contribution < 1.29 is 0 Å². The summed E-state index contributed by atoms with van der Waals surface area (Å²) in [4.78, 5) is 1.03. The van der Waals surface area contributed by atoms with Gasteiger partial charge in [0.2, 0.25) is 0 Å². The van der Waals surface area contributed by atoms with Crippen LogP contribution in [0, 0.1) is 6.92 Å². The molecule has 0 bridgehead atoms. The van der Waals surface area contributed by atoms with E-state index in [9.17, 15) is 0 Å². The Balaban J connectivity index is 2.05. The minimum atomic E-state index is 0.927. The molecule has 0 amide bonds. The highest BCUT2D eigenvalue weighted by Crippen LogP contribution is 2.28. The summed E-state index contributed by atoms with van der Waals surface area (Å²) in [7, 11) is 0. The summed E-state index contributed by atoms with van der Waals surface area (Å²) < 4.78 is 3.90. The van der Waals surface area contributed by atoms with E-state index in [0.717, 1.165) is 40.1 Å². The summed E-state index contributed by atoms with van der Waals surface area (Å²) >= 11 is 3.00. The van der Waals surface area contributed by atoms with Gasteiger partial charge in [0.25, 0.3) is 0 Å². The van der Waals surface area contributed by atoms with Gasteiger partial charge >= 0.3 is 0 Å². The predicted molar refractivity (Wildman–Crippen MR) is 65.8 cm³/mol. The lowest BCUT2D eigenvalue weighted by atomic mass is 10.4. The van der Waals surface area contributed by atoms with Crippen molar-refractivity contribution in [3.05, 3.63) is 10.7 Å². The van der Waals surface area contributed by atoms with E-state index >= 15 is 0 Å². The molecule has 0 atom stereocenters. The van der Waals surface area contributed by atoms with Gasteiger partial charge < -0.3 is 5.32 Å². The van der Waals surface area contributed by atoms with Gasteiger partial charge in [0.15, 0.2) is 5.01 Å². The van der Waals surface area contributed by atoms with Crippen LogP contribution < -0.4 is 5.32 Å². The van der Waals surface area contributed by atoms with Crippen LogP contribution in [-0.2, 0) is 6.42 Å². The fraction of sp³-hybridized carbons (Fsp3) is 0.556. The molecular formula is C9H13N5S2. The molecule has 0 aliphatic rings. The number of likely N-dealkylation sites (N-methyl/N-ethyl adjacent to an activating group) is 1. The van der Waals surface area contributed by atoms with Gasteiger partial charge in [-0.1, -0.05) is 22.7 Å². The smallest absolute Gasteiger partial charge is 0.161 e. The van der Waals surface area contributed by atoms with Crippen molar-refractivity contribution in [3.63, 3.8) is 0 Å². The number of hydrogen-bond acceptors (Lipinski definition) is 7. The molecule has 0 aromatic carbocycles. The van der Waals surface area contributed by atoms with Crippen molar-refractivity contribution in [1.29, 1.82) is 0 Å². The van der Waals surface area contributed by atoms with Crippen LogP contribution in [0.3, 0.4) is 0 Å². The zero-order valence-electron chi connectivity index (χ0n) is 9.23. The normalized spacial score (nSPS) is 10.9. The van der Waals surface area contributed by atoms with Crippen molar-refractivity contribution >= 4 is 22.9 Å². The van der Waals surface area contributed by atoms with Gasteiger partial charge in [0, 0.05) is 13.0 Å². The first-order valence-corrected chi connectivity index (χ1v) is 6.72. The van der Waals surface area contributed by atoms with E-state index in [1.54, 1.807) is 11.3 Å². The first-order valence-electron chi connectivity index (χ1n) is 5.13. The summed E-state index contributed by atoms with van der Waals surface area (Å²) in [6.07, 6.45) is 0.927. The minimum absolute atomic E-state index is 0.927. The van der Waals surface area contributed by atoms with E-state index in [2.05, 4.69) is 32.0 Å². The Morgan fingerprint density at radius 2 is 2.12 bits per heavy atom. The van der Waals surface area contributed by atoms with Gasteiger partial charge in [-0.2, -0.15) is 0 Å². The second-order valence-corrected chi connectivity index (χ2v) is 5.11. The van der Waals surface area contributed by atoms with Crippen LogP contribution in [0.25, 0.3) is 9.88 Å². The molecule has 0 radical (unpaired) electrons. The van der Waals surface area contributed by atoms with Crippen molar-refractivity contribution in [1.82, 2.24) is 25.1 Å². The summed E-state index contributed by atoms with van der Waals surface area (Å²) in [5.74, 6) is 0. The Labute approximate surface area is 102 Å². The van der Waals surface area contributed by atoms with Crippen molar-refractivity contribution in [2.45, 2.75) is 20.3 Å². The molecule has 2 rings (SSSR count). The Bertz CT molecular complexity index is 450. The van der Waals surface area contributed by atoms with Gasteiger partial charge in [-0.05, 0) is 25.0 Å². The molecule has 0 spiro atoms. The molecule has 2 aromatic rings. The number of aryl methyl sites for hydroxylation is 1. The molecule has 2 heterocycles. The molecule has 86 valence electrons. The average Bonchev–Trinajstić information content (AvgIpc) is 2.87. The Morgan fingerprint density at radius 3 is 2.81 bits per heavy atom. The second kappa shape index (κ2) is 5.42. The van der Waals surface area contributed by atoms with Crippen LogP contribution in [0.1, 0.15) is 17.6 Å². The molecule has 0 fully saturated rings. The molecule has 0 aliphatic carbocycles. The van der Waals surface area contributed by atoms with Gasteiger partial charge in [-0.25, -0.2) is 0 Å². The first-order chi connectivity index (χ1) is 7.81. The quantitative estimate of drug-likeness (QED) is 0.821. The van der Waals surface area contributed by atoms with Gasteiger partial charge in [0.05, 0.1) is 5.69 Å². The Hall–Kier alpha value is -0.920. The number of rotatable bonds is 5. The maximum Gasteiger partial charge on any atom is 0.161 e. The highest BCUT2D eigenvalue weighted by molar-refractivity contribution is 7.19. The summed E-state index contributed by atoms with van der Waals surface area (Å²) in [5, 5.41) is 17.6. The second-order valence-electron chi connectivity index (χ2n) is 3.29. The molecule has 0 saturated carbocycles.